The summed E-state index contributed by atoms with van der Waals surface area (Å²) >= 11 is 0. The van der Waals surface area contributed by atoms with Crippen LogP contribution in [0.25, 0.3) is 0 Å². The summed E-state index contributed by atoms with van der Waals surface area (Å²) in [6.07, 6.45) is 1.45. The van der Waals surface area contributed by atoms with Crippen LogP contribution in [0.15, 0.2) is 18.3 Å². The number of carbonyl (C=O) groups is 2. The number of hydrogen-bond donors (Lipinski definition) is 1. The molecule has 0 aromatic carbocycles. The molecule has 1 fully saturated rings. The topological polar surface area (TPSA) is 73.7 Å². The Labute approximate surface area is 118 Å². The maximum absolute atomic E-state index is 12.4. The van der Waals surface area contributed by atoms with Gasteiger partial charge in [0.2, 0.25) is 0 Å². The van der Waals surface area contributed by atoms with Crippen LogP contribution in [0.1, 0.15) is 34.7 Å². The molecule has 1 atom stereocenters. The number of aromatic nitrogens is 1. The van der Waals surface area contributed by atoms with Gasteiger partial charge in [0.15, 0.2) is 0 Å². The van der Waals surface area contributed by atoms with Crippen LogP contribution in [-0.2, 0) is 0 Å². The monoisotopic (exact) mass is 277 g/mol. The van der Waals surface area contributed by atoms with E-state index in [0.717, 1.165) is 13.1 Å². The van der Waals surface area contributed by atoms with Crippen molar-refractivity contribution in [2.24, 2.45) is 0 Å². The predicted octanol–water partition coefficient (Wildman–Crippen LogP) is 0.946. The van der Waals surface area contributed by atoms with Crippen molar-refractivity contribution in [3.63, 3.8) is 0 Å². The highest BCUT2D eigenvalue weighted by atomic mass is 16.4. The number of carboxylic acid groups (broad SMARTS) is 1. The summed E-state index contributed by atoms with van der Waals surface area (Å²) in [5.41, 5.74) is -0.0137. The number of nitrogens with zero attached hydrogens (tertiary/aromatic N) is 3. The van der Waals surface area contributed by atoms with Crippen molar-refractivity contribution in [2.75, 3.05) is 26.2 Å². The van der Waals surface area contributed by atoms with E-state index < -0.39 is 5.97 Å². The highest BCUT2D eigenvalue weighted by Gasteiger charge is 2.29. The fourth-order valence-corrected chi connectivity index (χ4v) is 2.55. The molecule has 1 aromatic rings. The number of amides is 1. The molecule has 6 heteroatoms. The maximum Gasteiger partial charge on any atom is 0.338 e. The molecule has 0 aliphatic carbocycles. The first-order valence-corrected chi connectivity index (χ1v) is 6.76. The summed E-state index contributed by atoms with van der Waals surface area (Å²) in [5, 5.41) is 9.13. The Morgan fingerprint density at radius 3 is 2.80 bits per heavy atom. The third kappa shape index (κ3) is 2.80. The molecule has 2 heterocycles. The molecule has 0 bridgehead atoms. The average Bonchev–Trinajstić information content (AvgIpc) is 2.46. The number of pyridine rings is 1. The van der Waals surface area contributed by atoms with E-state index in [1.165, 1.54) is 18.3 Å². The van der Waals surface area contributed by atoms with Crippen LogP contribution < -0.4 is 0 Å². The molecule has 20 heavy (non-hydrogen) atoms. The Bertz CT molecular complexity index is 518. The summed E-state index contributed by atoms with van der Waals surface area (Å²) in [7, 11) is 0. The van der Waals surface area contributed by atoms with E-state index in [9.17, 15) is 9.59 Å². The number of rotatable bonds is 3. The normalized spacial score (nSPS) is 19.9. The van der Waals surface area contributed by atoms with Crippen molar-refractivity contribution in [1.82, 2.24) is 14.8 Å². The summed E-state index contributed by atoms with van der Waals surface area (Å²) in [4.78, 5) is 31.5. The smallest absolute Gasteiger partial charge is 0.338 e. The lowest BCUT2D eigenvalue weighted by Crippen LogP contribution is -2.53. The molecule has 1 N–H and O–H groups in total. The zero-order chi connectivity index (χ0) is 14.7. The van der Waals surface area contributed by atoms with E-state index in [4.69, 9.17) is 5.11 Å². The summed E-state index contributed by atoms with van der Waals surface area (Å²) in [6, 6.07) is 3.21. The third-order valence-electron chi connectivity index (χ3n) is 3.70. The minimum absolute atomic E-state index is 0.0251. The minimum Gasteiger partial charge on any atom is -0.478 e. The largest absolute Gasteiger partial charge is 0.478 e. The molecule has 1 amide bonds. The van der Waals surface area contributed by atoms with Crippen LogP contribution in [0, 0.1) is 0 Å². The maximum atomic E-state index is 12.4. The Morgan fingerprint density at radius 1 is 1.45 bits per heavy atom. The lowest BCUT2D eigenvalue weighted by molar-refractivity contribution is 0.0514. The molecule has 2 rings (SSSR count). The molecule has 0 spiro atoms. The fourth-order valence-electron chi connectivity index (χ4n) is 2.55. The first-order valence-electron chi connectivity index (χ1n) is 6.76. The van der Waals surface area contributed by atoms with Crippen molar-refractivity contribution < 1.29 is 14.7 Å². The Morgan fingerprint density at radius 2 is 2.20 bits per heavy atom. The quantitative estimate of drug-likeness (QED) is 0.890. The third-order valence-corrected chi connectivity index (χ3v) is 3.70. The molecule has 0 radical (unpaired) electrons. The van der Waals surface area contributed by atoms with Gasteiger partial charge in [-0.25, -0.2) is 4.79 Å². The molecule has 1 aliphatic heterocycles. The standard InChI is InChI=1S/C14H19N3O3/c1-3-16-7-8-17(9-10(16)2)13(18)12-11(14(19)20)5-4-6-15-12/h4-6,10H,3,7-9H2,1-2H3,(H,19,20). The molecule has 108 valence electrons. The van der Waals surface area contributed by atoms with Crippen molar-refractivity contribution in [3.05, 3.63) is 29.6 Å². The van der Waals surface area contributed by atoms with Crippen molar-refractivity contribution >= 4 is 11.9 Å². The van der Waals surface area contributed by atoms with E-state index in [1.54, 1.807) is 4.90 Å². The van der Waals surface area contributed by atoms with Gasteiger partial charge in [-0.3, -0.25) is 14.7 Å². The number of piperazine rings is 1. The van der Waals surface area contributed by atoms with Gasteiger partial charge >= 0.3 is 5.97 Å². The molecule has 1 aromatic heterocycles. The van der Waals surface area contributed by atoms with Gasteiger partial charge in [-0.2, -0.15) is 0 Å². The highest BCUT2D eigenvalue weighted by Crippen LogP contribution is 2.14. The molecule has 6 nitrogen and oxygen atoms in total. The number of likely N-dealkylation sites (N-methyl/N-ethyl adjacent to an activating group) is 1. The van der Waals surface area contributed by atoms with E-state index in [1.807, 2.05) is 0 Å². The van der Waals surface area contributed by atoms with E-state index >= 15 is 0 Å². The summed E-state index contributed by atoms with van der Waals surface area (Å²) < 4.78 is 0. The van der Waals surface area contributed by atoms with Crippen molar-refractivity contribution in [1.29, 1.82) is 0 Å². The molecular formula is C14H19N3O3. The van der Waals surface area contributed by atoms with Crippen LogP contribution in [-0.4, -0.2) is 64.0 Å². The Balaban J connectivity index is 2.19. The van der Waals surface area contributed by atoms with Crippen LogP contribution in [0.4, 0.5) is 0 Å². The van der Waals surface area contributed by atoms with Gasteiger partial charge in [0.25, 0.3) is 5.91 Å². The number of carboxylic acids is 1. The second kappa shape index (κ2) is 6.00. The predicted molar refractivity (Wildman–Crippen MR) is 73.8 cm³/mol. The van der Waals surface area contributed by atoms with Gasteiger partial charge in [-0.05, 0) is 25.6 Å². The number of aromatic carboxylic acids is 1. The van der Waals surface area contributed by atoms with Crippen molar-refractivity contribution in [2.45, 2.75) is 19.9 Å². The van der Waals surface area contributed by atoms with Gasteiger partial charge in [0.05, 0.1) is 5.56 Å². The summed E-state index contributed by atoms with van der Waals surface area (Å²) in [5.74, 6) is -1.42. The molecule has 1 saturated heterocycles. The van der Waals surface area contributed by atoms with Gasteiger partial charge < -0.3 is 10.0 Å². The van der Waals surface area contributed by atoms with Gasteiger partial charge in [0.1, 0.15) is 5.69 Å². The van der Waals surface area contributed by atoms with Crippen molar-refractivity contribution in [3.8, 4) is 0 Å². The second-order valence-corrected chi connectivity index (χ2v) is 4.93. The minimum atomic E-state index is -1.12. The Kier molecular flexibility index (Phi) is 4.34. The highest BCUT2D eigenvalue weighted by molar-refractivity contribution is 6.03. The lowest BCUT2D eigenvalue weighted by atomic mass is 10.1. The van der Waals surface area contributed by atoms with E-state index in [2.05, 4.69) is 23.7 Å². The zero-order valence-electron chi connectivity index (χ0n) is 11.7. The number of carbonyl (C=O) groups excluding carboxylic acids is 1. The van der Waals surface area contributed by atoms with E-state index in [0.29, 0.717) is 13.1 Å². The van der Waals surface area contributed by atoms with Gasteiger partial charge in [-0.15, -0.1) is 0 Å². The molecular weight excluding hydrogens is 258 g/mol. The Hall–Kier alpha value is -1.95. The van der Waals surface area contributed by atoms with Gasteiger partial charge in [0, 0.05) is 31.9 Å². The second-order valence-electron chi connectivity index (χ2n) is 4.93. The fraction of sp³-hybridized carbons (Fsp3) is 0.500. The van der Waals surface area contributed by atoms with Crippen LogP contribution >= 0.6 is 0 Å². The summed E-state index contributed by atoms with van der Waals surface area (Å²) in [6.45, 7) is 7.12. The lowest BCUT2D eigenvalue weighted by Gasteiger charge is -2.39. The first-order chi connectivity index (χ1) is 9.54. The van der Waals surface area contributed by atoms with E-state index in [-0.39, 0.29) is 23.2 Å². The average molecular weight is 277 g/mol. The van der Waals surface area contributed by atoms with Crippen LogP contribution in [0.2, 0.25) is 0 Å². The first kappa shape index (κ1) is 14.5. The SMILES string of the molecule is CCN1CCN(C(=O)c2ncccc2C(=O)O)CC1C. The molecule has 0 saturated carbocycles. The molecule has 1 aliphatic rings. The number of hydrogen-bond acceptors (Lipinski definition) is 4. The van der Waals surface area contributed by atoms with Crippen LogP contribution in [0.3, 0.4) is 0 Å². The molecule has 1 unspecified atom stereocenters. The van der Waals surface area contributed by atoms with Crippen LogP contribution in [0.5, 0.6) is 0 Å². The zero-order valence-corrected chi connectivity index (χ0v) is 11.7. The van der Waals surface area contributed by atoms with Gasteiger partial charge in [-0.1, -0.05) is 6.92 Å².